The van der Waals surface area contributed by atoms with Gasteiger partial charge in [-0.2, -0.15) is 5.10 Å². The zero-order chi connectivity index (χ0) is 14.7. The molecule has 0 aliphatic heterocycles. The third-order valence-electron chi connectivity index (χ3n) is 4.06. The van der Waals surface area contributed by atoms with Crippen molar-refractivity contribution in [3.8, 4) is 5.88 Å². The number of aromatic nitrogens is 2. The first kappa shape index (κ1) is 16.0. The van der Waals surface area contributed by atoms with Crippen LogP contribution in [0.15, 0.2) is 0 Å². The molecule has 0 bridgehead atoms. The molecule has 0 fully saturated rings. The van der Waals surface area contributed by atoms with Crippen LogP contribution in [0.25, 0.3) is 0 Å². The minimum absolute atomic E-state index is 0.126. The summed E-state index contributed by atoms with van der Waals surface area (Å²) in [7, 11) is 5.70. The van der Waals surface area contributed by atoms with Crippen molar-refractivity contribution >= 4 is 0 Å². The van der Waals surface area contributed by atoms with E-state index in [-0.39, 0.29) is 6.04 Å². The molecule has 110 valence electrons. The van der Waals surface area contributed by atoms with Crippen molar-refractivity contribution in [1.82, 2.24) is 14.7 Å². The van der Waals surface area contributed by atoms with E-state index in [1.165, 1.54) is 0 Å². The Morgan fingerprint density at radius 2 is 1.95 bits per heavy atom. The lowest BCUT2D eigenvalue weighted by Gasteiger charge is -2.34. The molecule has 5 heteroatoms. The van der Waals surface area contributed by atoms with E-state index in [0.29, 0.717) is 18.5 Å². The van der Waals surface area contributed by atoms with Gasteiger partial charge < -0.3 is 10.5 Å². The summed E-state index contributed by atoms with van der Waals surface area (Å²) in [4.78, 5) is 2.32. The molecule has 0 aromatic carbocycles. The van der Waals surface area contributed by atoms with Crippen molar-refractivity contribution < 1.29 is 4.74 Å². The van der Waals surface area contributed by atoms with Crippen LogP contribution in [0, 0.1) is 12.8 Å². The fraction of sp³-hybridized carbons (Fsp3) is 0.786. The number of aryl methyl sites for hydroxylation is 2. The summed E-state index contributed by atoms with van der Waals surface area (Å²) in [5, 5.41) is 4.45. The lowest BCUT2D eigenvalue weighted by molar-refractivity contribution is 0.149. The number of hydrogen-bond acceptors (Lipinski definition) is 4. The van der Waals surface area contributed by atoms with E-state index in [0.717, 1.165) is 17.1 Å². The van der Waals surface area contributed by atoms with Crippen LogP contribution in [-0.4, -0.2) is 41.4 Å². The van der Waals surface area contributed by atoms with Gasteiger partial charge in [0.05, 0.1) is 24.4 Å². The standard InChI is InChI=1S/C14H28N4O/c1-9(2)11(4)17(5)12(8-15)13-10(3)16-18(6)14(13)19-7/h9,11-12H,8,15H2,1-7H3. The van der Waals surface area contributed by atoms with E-state index >= 15 is 0 Å². The van der Waals surface area contributed by atoms with Gasteiger partial charge in [0.2, 0.25) is 5.88 Å². The molecule has 0 aliphatic carbocycles. The van der Waals surface area contributed by atoms with Gasteiger partial charge in [0.1, 0.15) is 0 Å². The third kappa shape index (κ3) is 3.09. The Hall–Kier alpha value is -1.07. The first-order chi connectivity index (χ1) is 8.84. The number of hydrogen-bond donors (Lipinski definition) is 1. The maximum Gasteiger partial charge on any atom is 0.216 e. The van der Waals surface area contributed by atoms with E-state index in [4.69, 9.17) is 10.5 Å². The molecule has 2 N–H and O–H groups in total. The zero-order valence-electron chi connectivity index (χ0n) is 13.3. The number of ether oxygens (including phenoxy) is 1. The van der Waals surface area contributed by atoms with Crippen LogP contribution in [0.5, 0.6) is 5.88 Å². The lowest BCUT2D eigenvalue weighted by atomic mass is 9.99. The summed E-state index contributed by atoms with van der Waals surface area (Å²) in [5.74, 6) is 1.37. The van der Waals surface area contributed by atoms with Crippen molar-refractivity contribution in [3.63, 3.8) is 0 Å². The molecular formula is C14H28N4O. The van der Waals surface area contributed by atoms with Crippen molar-refractivity contribution in [3.05, 3.63) is 11.3 Å². The van der Waals surface area contributed by atoms with Gasteiger partial charge in [-0.3, -0.25) is 4.90 Å². The molecule has 0 saturated carbocycles. The van der Waals surface area contributed by atoms with E-state index in [1.807, 2.05) is 14.0 Å². The Balaban J connectivity index is 3.17. The smallest absolute Gasteiger partial charge is 0.216 e. The van der Waals surface area contributed by atoms with Crippen molar-refractivity contribution in [2.24, 2.45) is 18.7 Å². The van der Waals surface area contributed by atoms with Crippen LogP contribution in [0.2, 0.25) is 0 Å². The van der Waals surface area contributed by atoms with E-state index < -0.39 is 0 Å². The SMILES string of the molecule is COc1c(C(CN)N(C)C(C)C(C)C)c(C)nn1C. The highest BCUT2D eigenvalue weighted by Gasteiger charge is 2.28. The van der Waals surface area contributed by atoms with E-state index in [1.54, 1.807) is 11.8 Å². The summed E-state index contributed by atoms with van der Waals surface area (Å²) in [6.07, 6.45) is 0. The third-order valence-corrected chi connectivity index (χ3v) is 4.06. The van der Waals surface area contributed by atoms with Gasteiger partial charge in [0.15, 0.2) is 0 Å². The first-order valence-corrected chi connectivity index (χ1v) is 6.84. The molecule has 0 saturated heterocycles. The number of rotatable bonds is 6. The van der Waals surface area contributed by atoms with Crippen LogP contribution in [-0.2, 0) is 7.05 Å². The van der Waals surface area contributed by atoms with Gasteiger partial charge in [0, 0.05) is 19.6 Å². The molecule has 0 aliphatic rings. The predicted molar refractivity (Wildman–Crippen MR) is 78.4 cm³/mol. The highest BCUT2D eigenvalue weighted by atomic mass is 16.5. The van der Waals surface area contributed by atoms with Gasteiger partial charge in [-0.05, 0) is 26.8 Å². The van der Waals surface area contributed by atoms with Crippen LogP contribution in [0.1, 0.15) is 38.1 Å². The van der Waals surface area contributed by atoms with Crippen LogP contribution < -0.4 is 10.5 Å². The van der Waals surface area contributed by atoms with Gasteiger partial charge in [-0.1, -0.05) is 13.8 Å². The minimum atomic E-state index is 0.126. The summed E-state index contributed by atoms with van der Waals surface area (Å²) < 4.78 is 7.27. The van der Waals surface area contributed by atoms with Gasteiger partial charge in [-0.25, -0.2) is 4.68 Å². The van der Waals surface area contributed by atoms with Crippen LogP contribution >= 0.6 is 0 Å². The monoisotopic (exact) mass is 268 g/mol. The number of likely N-dealkylation sites (N-methyl/N-ethyl adjacent to an activating group) is 1. The molecule has 2 unspecified atom stereocenters. The maximum absolute atomic E-state index is 6.01. The molecule has 1 heterocycles. The number of nitrogens with zero attached hydrogens (tertiary/aromatic N) is 3. The molecule has 1 aromatic rings. The zero-order valence-corrected chi connectivity index (χ0v) is 13.3. The van der Waals surface area contributed by atoms with E-state index in [9.17, 15) is 0 Å². The van der Waals surface area contributed by atoms with Crippen molar-refractivity contribution in [1.29, 1.82) is 0 Å². The van der Waals surface area contributed by atoms with Crippen LogP contribution in [0.4, 0.5) is 0 Å². The average Bonchev–Trinajstić information content (AvgIpc) is 2.63. The van der Waals surface area contributed by atoms with Gasteiger partial charge in [-0.15, -0.1) is 0 Å². The Morgan fingerprint density at radius 1 is 1.37 bits per heavy atom. The highest BCUT2D eigenvalue weighted by molar-refractivity contribution is 5.34. The van der Waals surface area contributed by atoms with Gasteiger partial charge >= 0.3 is 0 Å². The molecule has 1 rings (SSSR count). The summed E-state index contributed by atoms with van der Waals surface area (Å²) >= 11 is 0. The second-order valence-corrected chi connectivity index (χ2v) is 5.53. The topological polar surface area (TPSA) is 56.3 Å². The predicted octanol–water partition coefficient (Wildman–Crippen LogP) is 1.71. The molecular weight excluding hydrogens is 240 g/mol. The normalized spacial score (nSPS) is 15.1. The quantitative estimate of drug-likeness (QED) is 0.853. The molecule has 0 spiro atoms. The number of methoxy groups -OCH3 is 1. The summed E-state index contributed by atoms with van der Waals surface area (Å²) in [6.45, 7) is 9.24. The maximum atomic E-state index is 6.01. The summed E-state index contributed by atoms with van der Waals surface area (Å²) in [6, 6.07) is 0.568. The molecule has 19 heavy (non-hydrogen) atoms. The lowest BCUT2D eigenvalue weighted by Crippen LogP contribution is -2.40. The average molecular weight is 268 g/mol. The minimum Gasteiger partial charge on any atom is -0.481 e. The Kier molecular flexibility index (Phi) is 5.38. The summed E-state index contributed by atoms with van der Waals surface area (Å²) in [5.41, 5.74) is 8.09. The largest absolute Gasteiger partial charge is 0.481 e. The van der Waals surface area contributed by atoms with Crippen molar-refractivity contribution in [2.75, 3.05) is 20.7 Å². The van der Waals surface area contributed by atoms with Crippen molar-refractivity contribution in [2.45, 2.75) is 39.8 Å². The Morgan fingerprint density at radius 3 is 2.37 bits per heavy atom. The molecule has 1 aromatic heterocycles. The molecule has 0 amide bonds. The number of nitrogens with two attached hydrogens (primary N) is 1. The molecule has 0 radical (unpaired) electrons. The first-order valence-electron chi connectivity index (χ1n) is 6.84. The van der Waals surface area contributed by atoms with E-state index in [2.05, 4.69) is 37.8 Å². The Labute approximate surface area is 116 Å². The van der Waals surface area contributed by atoms with Crippen LogP contribution in [0.3, 0.4) is 0 Å². The second kappa shape index (κ2) is 6.39. The van der Waals surface area contributed by atoms with Gasteiger partial charge in [0.25, 0.3) is 0 Å². The second-order valence-electron chi connectivity index (χ2n) is 5.53. The molecule has 2 atom stereocenters. The molecule has 5 nitrogen and oxygen atoms in total. The Bertz CT molecular complexity index is 414. The fourth-order valence-electron chi connectivity index (χ4n) is 2.52. The highest BCUT2D eigenvalue weighted by Crippen LogP contribution is 2.32. The fourth-order valence-corrected chi connectivity index (χ4v) is 2.52.